The largest absolute Gasteiger partial charge is 0.493 e. The van der Waals surface area contributed by atoms with Crippen molar-refractivity contribution in [3.05, 3.63) is 369 Å². The zero-order valence-electron chi connectivity index (χ0n) is 70.8. The standard InChI is InChI=1S/C31H32N2O6.C22H22N2O6.C22H22N2O4.C22H22N2O3/c1-21-19-22(2)33-30(32-21)39-28(29(34)35)31(24-11-7-5-8-12-24,25-13-9-6-10-14-25)38-18-17-23-15-16-26(36-3)27(20-23)37-4;1-27-17-14-18(28-2)24-21(23-17)30-19(20(25)26)22(29-3,15-10-6-4-7-11-15)16-12-8-5-9-13-16;1-15-14-16(2)24-21(23-15)28-19(20(25)26)22(27-3,17-10-6-4-7-11-17)18-12-8-5-9-13-18;1-15-14-16(2)24-21(23-15)27-19(20(25)26)22(3,17-10-6-4-7-11-17)18-12-8-5-9-13-18/h5-16,19-20,28H,17-18H2,1-4H3,(H,34,35);4-14,19H,1-3H3,(H,25,26);4-14,19H,1-3H3,(H,25,26);4-14,19H,1-3H3,(H,25,26)/t28-;3*19-/m1111/s1. The number of carboxylic acids is 4. The monoisotopic (exact) mass is 1680 g/mol. The Morgan fingerprint density at radius 2 is 0.540 bits per heavy atom. The smallest absolute Gasteiger partial charge is 0.348 e. The van der Waals surface area contributed by atoms with Crippen LogP contribution >= 0.6 is 0 Å². The third-order valence-corrected chi connectivity index (χ3v) is 20.2. The van der Waals surface area contributed by atoms with Gasteiger partial charge in [-0.25, -0.2) is 49.1 Å². The Morgan fingerprint density at radius 3 is 0.798 bits per heavy atom. The Morgan fingerprint density at radius 1 is 0.290 bits per heavy atom. The second kappa shape index (κ2) is 43.1. The van der Waals surface area contributed by atoms with E-state index in [4.69, 9.17) is 52.1 Å². The number of carboxylic acid groups (broad SMARTS) is 4. The number of methoxy groups -OCH3 is 6. The van der Waals surface area contributed by atoms with E-state index in [0.717, 1.165) is 28.1 Å². The summed E-state index contributed by atoms with van der Waals surface area (Å²) in [5.41, 5.74) is 5.21. The van der Waals surface area contributed by atoms with E-state index in [9.17, 15) is 39.6 Å². The van der Waals surface area contributed by atoms with Gasteiger partial charge >= 0.3 is 47.9 Å². The van der Waals surface area contributed by atoms with E-state index in [1.807, 2.05) is 239 Å². The first-order chi connectivity index (χ1) is 59.8. The molecule has 4 heterocycles. The fraction of sp³-hybridized carbons (Fsp3) is 0.237. The number of aliphatic carboxylic acids is 4. The molecule has 0 radical (unpaired) electrons. The molecule has 4 atom stereocenters. The topological polar surface area (TPSA) is 354 Å². The van der Waals surface area contributed by atoms with Gasteiger partial charge in [0.25, 0.3) is 0 Å². The van der Waals surface area contributed by atoms with Crippen molar-refractivity contribution in [2.24, 2.45) is 0 Å². The van der Waals surface area contributed by atoms with E-state index in [-0.39, 0.29) is 42.4 Å². The van der Waals surface area contributed by atoms with E-state index >= 15 is 0 Å². The highest BCUT2D eigenvalue weighted by Crippen LogP contribution is 2.44. The number of rotatable bonds is 34. The Hall–Kier alpha value is -14.5. The third-order valence-electron chi connectivity index (χ3n) is 20.2. The number of aryl methyl sites for hydroxylation is 6. The van der Waals surface area contributed by atoms with Gasteiger partial charge in [-0.1, -0.05) is 249 Å². The molecule has 27 heteroatoms. The summed E-state index contributed by atoms with van der Waals surface area (Å²) in [6, 6.07) is 86.1. The summed E-state index contributed by atoms with van der Waals surface area (Å²) in [6.07, 6.45) is -5.17. The molecule has 0 aliphatic rings. The van der Waals surface area contributed by atoms with Gasteiger partial charge in [-0.2, -0.15) is 9.97 Å². The van der Waals surface area contributed by atoms with Gasteiger partial charge in [-0.15, -0.1) is 0 Å². The van der Waals surface area contributed by atoms with Crippen molar-refractivity contribution < 1.29 is 91.7 Å². The summed E-state index contributed by atoms with van der Waals surface area (Å²) in [7, 11) is 8.92. The van der Waals surface area contributed by atoms with E-state index in [2.05, 4.69) is 39.9 Å². The fourth-order valence-electron chi connectivity index (χ4n) is 14.5. The minimum atomic E-state index is -1.52. The lowest BCUT2D eigenvalue weighted by molar-refractivity contribution is -0.164. The lowest BCUT2D eigenvalue weighted by Gasteiger charge is -2.39. The Kier molecular flexibility index (Phi) is 31.9. The Balaban J connectivity index is 0.000000175. The van der Waals surface area contributed by atoms with Crippen LogP contribution in [0.1, 0.15) is 91.2 Å². The van der Waals surface area contributed by atoms with Crippen LogP contribution in [0.4, 0.5) is 0 Å². The highest BCUT2D eigenvalue weighted by Gasteiger charge is 2.53. The molecule has 0 amide bonds. The van der Waals surface area contributed by atoms with Crippen molar-refractivity contribution in [2.45, 2.75) is 102 Å². The van der Waals surface area contributed by atoms with Crippen molar-refractivity contribution in [1.82, 2.24) is 39.9 Å². The van der Waals surface area contributed by atoms with Gasteiger partial charge in [0.1, 0.15) is 0 Å². The van der Waals surface area contributed by atoms with Gasteiger partial charge in [0.05, 0.1) is 46.5 Å². The number of hydrogen-bond acceptors (Lipinski definition) is 23. The SMILES string of the molecule is COC(c1ccccc1)(c1ccccc1)[C@H](Oc1nc(C)cc(C)n1)C(=O)O.COc1cc(OC)nc(O[C@H](C(=O)O)C(OC)(c2ccccc2)c2ccccc2)n1.COc1ccc(CCOC(c2ccccc2)(c2ccccc2)[C@H](Oc2nc(C)cc(C)n2)C(=O)O)cc1OC.Cc1cc(C)nc(O[C@H](C(=O)O)C(C)(c2ccccc2)c2ccccc2)n1. The first-order valence-corrected chi connectivity index (χ1v) is 39.2. The summed E-state index contributed by atoms with van der Waals surface area (Å²) in [6.45, 7) is 12.9. The van der Waals surface area contributed by atoms with Crippen LogP contribution in [0.3, 0.4) is 0 Å². The van der Waals surface area contributed by atoms with Crippen LogP contribution in [0.5, 0.6) is 47.3 Å². The van der Waals surface area contributed by atoms with Gasteiger partial charge in [0.15, 0.2) is 28.3 Å². The highest BCUT2D eigenvalue weighted by molar-refractivity contribution is 5.79. The summed E-state index contributed by atoms with van der Waals surface area (Å²) in [5.74, 6) is -3.16. The van der Waals surface area contributed by atoms with Gasteiger partial charge in [-0.3, -0.25) is 0 Å². The molecule has 0 aliphatic heterocycles. The average molecular weight is 1680 g/mol. The van der Waals surface area contributed by atoms with Crippen LogP contribution in [-0.2, 0) is 62.0 Å². The molecule has 0 spiro atoms. The van der Waals surface area contributed by atoms with Crippen LogP contribution in [0.25, 0.3) is 0 Å². The van der Waals surface area contributed by atoms with Gasteiger partial charge in [0, 0.05) is 48.4 Å². The van der Waals surface area contributed by atoms with Crippen molar-refractivity contribution in [3.63, 3.8) is 0 Å². The molecular formula is C97H98N8O19. The van der Waals surface area contributed by atoms with Gasteiger partial charge in [-0.05, 0) is 135 Å². The minimum absolute atomic E-state index is 0.00168. The maximum atomic E-state index is 13.0. The quantitative estimate of drug-likeness (QED) is 0.0291. The van der Waals surface area contributed by atoms with Crippen LogP contribution in [0, 0.1) is 41.5 Å². The molecule has 9 aromatic carbocycles. The number of ether oxygens (including phenoxy) is 11. The van der Waals surface area contributed by atoms with Crippen molar-refractivity contribution in [3.8, 4) is 47.3 Å². The molecule has 640 valence electrons. The summed E-state index contributed by atoms with van der Waals surface area (Å²) < 4.78 is 63.2. The maximum Gasteiger partial charge on any atom is 0.348 e. The summed E-state index contributed by atoms with van der Waals surface area (Å²) in [4.78, 5) is 83.9. The molecule has 124 heavy (non-hydrogen) atoms. The zero-order chi connectivity index (χ0) is 89.0. The molecule has 13 aromatic rings. The van der Waals surface area contributed by atoms with Gasteiger partial charge in [0.2, 0.25) is 36.2 Å². The second-order valence-electron chi connectivity index (χ2n) is 28.4. The fourth-order valence-corrected chi connectivity index (χ4v) is 14.5. The Labute approximate surface area is 719 Å². The van der Waals surface area contributed by atoms with Crippen LogP contribution in [-0.4, -0.2) is 158 Å². The van der Waals surface area contributed by atoms with Crippen molar-refractivity contribution in [1.29, 1.82) is 0 Å². The normalized spacial score (nSPS) is 12.2. The number of benzene rings is 9. The summed E-state index contributed by atoms with van der Waals surface area (Å²) >= 11 is 0. The zero-order valence-corrected chi connectivity index (χ0v) is 70.8. The first kappa shape index (κ1) is 91.8. The lowest BCUT2D eigenvalue weighted by Crippen LogP contribution is -2.51. The van der Waals surface area contributed by atoms with E-state index < -0.39 is 70.5 Å². The third kappa shape index (κ3) is 22.0. The molecular weight excluding hydrogens is 1580 g/mol. The molecule has 0 fully saturated rings. The molecule has 0 saturated heterocycles. The molecule has 27 nitrogen and oxygen atoms in total. The van der Waals surface area contributed by atoms with Crippen LogP contribution in [0.15, 0.2) is 285 Å². The van der Waals surface area contributed by atoms with Crippen molar-refractivity contribution >= 4 is 23.9 Å². The average Bonchev–Trinajstić information content (AvgIpc) is 0.772. The van der Waals surface area contributed by atoms with Gasteiger partial charge < -0.3 is 72.5 Å². The number of carbonyl (C=O) groups is 4. The van der Waals surface area contributed by atoms with E-state index in [1.165, 1.54) is 34.5 Å². The van der Waals surface area contributed by atoms with Crippen molar-refractivity contribution in [2.75, 3.05) is 49.3 Å². The molecule has 13 rings (SSSR count). The first-order valence-electron chi connectivity index (χ1n) is 39.2. The number of nitrogens with zero attached hydrogens (tertiary/aromatic N) is 8. The molecule has 0 unspecified atom stereocenters. The van der Waals surface area contributed by atoms with Crippen LogP contribution < -0.4 is 37.9 Å². The van der Waals surface area contributed by atoms with E-state index in [1.54, 1.807) is 103 Å². The van der Waals surface area contributed by atoms with Crippen LogP contribution in [0.2, 0.25) is 0 Å². The molecule has 0 aliphatic carbocycles. The Bertz CT molecular complexity index is 5390. The predicted molar refractivity (Wildman–Crippen MR) is 461 cm³/mol. The number of aromatic nitrogens is 8. The maximum absolute atomic E-state index is 13.0. The molecule has 4 N–H and O–H groups in total. The lowest BCUT2D eigenvalue weighted by atomic mass is 9.72. The van der Waals surface area contributed by atoms with E-state index in [0.29, 0.717) is 74.1 Å². The second-order valence-corrected chi connectivity index (χ2v) is 28.4. The number of hydrogen-bond donors (Lipinski definition) is 4. The predicted octanol–water partition coefficient (Wildman–Crippen LogP) is 15.5. The molecule has 0 saturated carbocycles. The highest BCUT2D eigenvalue weighted by atomic mass is 16.6. The summed E-state index contributed by atoms with van der Waals surface area (Å²) in [5, 5.41) is 40.9. The molecule has 0 bridgehead atoms. The molecule has 4 aromatic heterocycles. The minimum Gasteiger partial charge on any atom is -0.493 e.